The van der Waals surface area contributed by atoms with Crippen LogP contribution in [0.15, 0.2) is 24.3 Å². The van der Waals surface area contributed by atoms with Crippen molar-refractivity contribution in [1.29, 1.82) is 0 Å². The van der Waals surface area contributed by atoms with Gasteiger partial charge in [-0.15, -0.1) is 12.4 Å². The van der Waals surface area contributed by atoms with Crippen molar-refractivity contribution in [3.05, 3.63) is 30.1 Å². The number of ether oxygens (including phenoxy) is 2. The molecule has 7 heteroatoms. The van der Waals surface area contributed by atoms with Gasteiger partial charge in [0.15, 0.2) is 0 Å². The Labute approximate surface area is 136 Å². The van der Waals surface area contributed by atoms with Crippen LogP contribution >= 0.6 is 12.4 Å². The molecule has 1 aliphatic rings. The molecule has 0 spiro atoms. The summed E-state index contributed by atoms with van der Waals surface area (Å²) in [5.74, 6) is 0.282. The maximum Gasteiger partial charge on any atom is 0.241 e. The molecule has 2 N–H and O–H groups in total. The fraction of sp³-hybridized carbons (Fsp3) is 0.533. The maximum atomic E-state index is 12.8. The molecular formula is C15H22ClFN2O3. The Kier molecular flexibility index (Phi) is 7.58. The zero-order chi connectivity index (χ0) is 15.2. The number of carbonyl (C=O) groups excluding carboxylic acids is 1. The lowest BCUT2D eigenvalue weighted by Crippen LogP contribution is -2.50. The van der Waals surface area contributed by atoms with Crippen molar-refractivity contribution >= 4 is 18.3 Å². The molecule has 1 unspecified atom stereocenters. The summed E-state index contributed by atoms with van der Waals surface area (Å²) in [6.45, 7) is 1.45. The quantitative estimate of drug-likeness (QED) is 0.889. The fourth-order valence-corrected chi connectivity index (χ4v) is 2.39. The standard InChI is InChI=1S/C15H21FN2O3.ClH/c1-20-10-14(17)15(19)18-8-6-13(7-9-18)21-12-4-2-11(16)3-5-12;/h2-5,13-14H,6-10,17H2,1H3;1H. The third-order valence-corrected chi connectivity index (χ3v) is 3.53. The number of piperidine rings is 1. The van der Waals surface area contributed by atoms with E-state index in [0.29, 0.717) is 18.8 Å². The number of nitrogens with zero attached hydrogens (tertiary/aromatic N) is 1. The first-order valence-electron chi connectivity index (χ1n) is 7.05. The van der Waals surface area contributed by atoms with Crippen LogP contribution in [-0.2, 0) is 9.53 Å². The van der Waals surface area contributed by atoms with Gasteiger partial charge < -0.3 is 20.1 Å². The molecular weight excluding hydrogens is 311 g/mol. The lowest BCUT2D eigenvalue weighted by atomic mass is 10.1. The number of hydrogen-bond acceptors (Lipinski definition) is 4. The van der Waals surface area contributed by atoms with E-state index in [9.17, 15) is 9.18 Å². The van der Waals surface area contributed by atoms with Crippen molar-refractivity contribution in [2.24, 2.45) is 5.73 Å². The second-order valence-corrected chi connectivity index (χ2v) is 5.16. The molecule has 22 heavy (non-hydrogen) atoms. The molecule has 1 heterocycles. The Morgan fingerprint density at radius 2 is 1.95 bits per heavy atom. The van der Waals surface area contributed by atoms with E-state index in [-0.39, 0.29) is 36.8 Å². The molecule has 1 aliphatic heterocycles. The van der Waals surface area contributed by atoms with Crippen molar-refractivity contribution in [2.75, 3.05) is 26.8 Å². The topological polar surface area (TPSA) is 64.8 Å². The highest BCUT2D eigenvalue weighted by Crippen LogP contribution is 2.19. The molecule has 1 saturated heterocycles. The van der Waals surface area contributed by atoms with Gasteiger partial charge >= 0.3 is 0 Å². The third kappa shape index (κ3) is 5.12. The van der Waals surface area contributed by atoms with Crippen LogP contribution in [0.1, 0.15) is 12.8 Å². The number of benzene rings is 1. The predicted octanol–water partition coefficient (Wildman–Crippen LogP) is 1.59. The number of rotatable bonds is 5. The van der Waals surface area contributed by atoms with Gasteiger partial charge in [-0.2, -0.15) is 0 Å². The highest BCUT2D eigenvalue weighted by Gasteiger charge is 2.27. The van der Waals surface area contributed by atoms with Gasteiger partial charge in [0.2, 0.25) is 5.91 Å². The molecule has 1 aromatic carbocycles. The summed E-state index contributed by atoms with van der Waals surface area (Å²) in [6.07, 6.45) is 1.52. The van der Waals surface area contributed by atoms with Crippen LogP contribution in [0, 0.1) is 5.82 Å². The molecule has 0 aromatic heterocycles. The number of nitrogens with two attached hydrogens (primary N) is 1. The van der Waals surface area contributed by atoms with Crippen molar-refractivity contribution in [3.63, 3.8) is 0 Å². The van der Waals surface area contributed by atoms with E-state index in [2.05, 4.69) is 0 Å². The summed E-state index contributed by atoms with van der Waals surface area (Å²) >= 11 is 0. The number of halogens is 2. The molecule has 1 fully saturated rings. The Bertz CT molecular complexity index is 464. The number of hydrogen-bond donors (Lipinski definition) is 1. The van der Waals surface area contributed by atoms with E-state index in [0.717, 1.165) is 12.8 Å². The molecule has 0 saturated carbocycles. The first-order chi connectivity index (χ1) is 10.1. The maximum absolute atomic E-state index is 12.8. The van der Waals surface area contributed by atoms with E-state index in [1.54, 1.807) is 17.0 Å². The predicted molar refractivity (Wildman–Crippen MR) is 83.7 cm³/mol. The van der Waals surface area contributed by atoms with Gasteiger partial charge in [0, 0.05) is 33.0 Å². The van der Waals surface area contributed by atoms with Gasteiger partial charge in [-0.25, -0.2) is 4.39 Å². The Hall–Kier alpha value is -1.37. The van der Waals surface area contributed by atoms with Crippen LogP contribution in [-0.4, -0.2) is 49.8 Å². The zero-order valence-electron chi connectivity index (χ0n) is 12.5. The van der Waals surface area contributed by atoms with E-state index in [1.807, 2.05) is 0 Å². The summed E-state index contributed by atoms with van der Waals surface area (Å²) in [5, 5.41) is 0. The lowest BCUT2D eigenvalue weighted by Gasteiger charge is -2.33. The molecule has 0 bridgehead atoms. The van der Waals surface area contributed by atoms with Crippen LogP contribution in [0.3, 0.4) is 0 Å². The zero-order valence-corrected chi connectivity index (χ0v) is 13.4. The number of likely N-dealkylation sites (tertiary alicyclic amines) is 1. The minimum absolute atomic E-state index is 0. The minimum atomic E-state index is -0.607. The van der Waals surface area contributed by atoms with E-state index >= 15 is 0 Å². The monoisotopic (exact) mass is 332 g/mol. The lowest BCUT2D eigenvalue weighted by molar-refractivity contribution is -0.135. The van der Waals surface area contributed by atoms with Gasteiger partial charge in [0.1, 0.15) is 23.7 Å². The molecule has 5 nitrogen and oxygen atoms in total. The minimum Gasteiger partial charge on any atom is -0.490 e. The summed E-state index contributed by atoms with van der Waals surface area (Å²) < 4.78 is 23.5. The SMILES string of the molecule is COCC(N)C(=O)N1CCC(Oc2ccc(F)cc2)CC1.Cl. The van der Waals surface area contributed by atoms with E-state index in [1.165, 1.54) is 19.2 Å². The second-order valence-electron chi connectivity index (χ2n) is 5.16. The van der Waals surface area contributed by atoms with Crippen LogP contribution in [0.5, 0.6) is 5.75 Å². The molecule has 0 aliphatic carbocycles. The average molecular weight is 333 g/mol. The Morgan fingerprint density at radius 3 is 2.50 bits per heavy atom. The van der Waals surface area contributed by atoms with Gasteiger partial charge in [-0.1, -0.05) is 0 Å². The number of methoxy groups -OCH3 is 1. The molecule has 1 aromatic rings. The molecule has 1 amide bonds. The van der Waals surface area contributed by atoms with Crippen LogP contribution in [0.25, 0.3) is 0 Å². The highest BCUT2D eigenvalue weighted by atomic mass is 35.5. The summed E-state index contributed by atoms with van der Waals surface area (Å²) in [5.41, 5.74) is 5.75. The third-order valence-electron chi connectivity index (χ3n) is 3.53. The van der Waals surface area contributed by atoms with Crippen molar-refractivity contribution < 1.29 is 18.7 Å². The molecule has 0 radical (unpaired) electrons. The van der Waals surface area contributed by atoms with Crippen molar-refractivity contribution in [3.8, 4) is 5.75 Å². The summed E-state index contributed by atoms with van der Waals surface area (Å²) in [4.78, 5) is 13.8. The van der Waals surface area contributed by atoms with E-state index < -0.39 is 6.04 Å². The number of carbonyl (C=O) groups is 1. The van der Waals surface area contributed by atoms with Gasteiger partial charge in [-0.05, 0) is 24.3 Å². The largest absolute Gasteiger partial charge is 0.490 e. The first kappa shape index (κ1) is 18.7. The normalized spacial score (nSPS) is 16.8. The van der Waals surface area contributed by atoms with Gasteiger partial charge in [-0.3, -0.25) is 4.79 Å². The highest BCUT2D eigenvalue weighted by molar-refractivity contribution is 5.85. The van der Waals surface area contributed by atoms with Crippen LogP contribution in [0.4, 0.5) is 4.39 Å². The van der Waals surface area contributed by atoms with Crippen LogP contribution in [0.2, 0.25) is 0 Å². The van der Waals surface area contributed by atoms with Gasteiger partial charge in [0.05, 0.1) is 6.61 Å². The first-order valence-corrected chi connectivity index (χ1v) is 7.05. The van der Waals surface area contributed by atoms with Crippen molar-refractivity contribution in [2.45, 2.75) is 25.0 Å². The summed E-state index contributed by atoms with van der Waals surface area (Å²) in [6, 6.07) is 5.36. The van der Waals surface area contributed by atoms with Gasteiger partial charge in [0.25, 0.3) is 0 Å². The number of amides is 1. The molecule has 2 rings (SSSR count). The smallest absolute Gasteiger partial charge is 0.241 e. The molecule has 124 valence electrons. The fourth-order valence-electron chi connectivity index (χ4n) is 2.39. The van der Waals surface area contributed by atoms with Crippen LogP contribution < -0.4 is 10.5 Å². The average Bonchev–Trinajstić information content (AvgIpc) is 2.50. The Balaban J connectivity index is 0.00000242. The van der Waals surface area contributed by atoms with Crippen molar-refractivity contribution in [1.82, 2.24) is 4.90 Å². The molecule has 1 atom stereocenters. The second kappa shape index (κ2) is 8.92. The Morgan fingerprint density at radius 1 is 1.36 bits per heavy atom. The summed E-state index contributed by atoms with van der Waals surface area (Å²) in [7, 11) is 1.52. The van der Waals surface area contributed by atoms with E-state index in [4.69, 9.17) is 15.2 Å².